The maximum atomic E-state index is 14.0. The summed E-state index contributed by atoms with van der Waals surface area (Å²) in [6, 6.07) is 12.1. The van der Waals surface area contributed by atoms with E-state index in [9.17, 15) is 14.4 Å². The largest absolute Gasteiger partial charge is 0.490 e. The molecular formula is C33H40N6O5S. The first-order valence-electron chi connectivity index (χ1n) is 15.4. The van der Waals surface area contributed by atoms with Crippen LogP contribution in [0.25, 0.3) is 11.2 Å². The third-order valence-corrected chi connectivity index (χ3v) is 9.77. The molecule has 0 radical (unpaired) electrons. The average molecular weight is 633 g/mol. The molecule has 2 aromatic carbocycles. The average Bonchev–Trinajstić information content (AvgIpc) is 3.54. The molecule has 0 saturated carbocycles. The number of nitrogens with zero attached hydrogens (tertiary/aromatic N) is 6. The smallest absolute Gasteiger partial charge is 0.332 e. The van der Waals surface area contributed by atoms with E-state index in [0.717, 1.165) is 35.3 Å². The Kier molecular flexibility index (Phi) is 8.53. The summed E-state index contributed by atoms with van der Waals surface area (Å²) < 4.78 is 15.9. The highest BCUT2D eigenvalue weighted by atomic mass is 32.2. The summed E-state index contributed by atoms with van der Waals surface area (Å²) in [5.41, 5.74) is 3.96. The van der Waals surface area contributed by atoms with Crippen LogP contribution in [0.2, 0.25) is 0 Å². The lowest BCUT2D eigenvalue weighted by atomic mass is 9.89. The third-order valence-electron chi connectivity index (χ3n) is 8.81. The number of amides is 1. The number of carbonyl (C=O) groups is 1. The van der Waals surface area contributed by atoms with Gasteiger partial charge in [-0.2, -0.15) is 0 Å². The SMILES string of the molecule is CCOc1ccc(Cn2c(SCC(=O)N3c4ccc(C)cc4[C@@H]4CN(C)CC[C@@H]43)nc3c2c(=O)n(C)c(=O)n3C)cc1OCC. The quantitative estimate of drug-likeness (QED) is 0.259. The van der Waals surface area contributed by atoms with Crippen LogP contribution in [0.15, 0.2) is 51.1 Å². The third kappa shape index (κ3) is 5.54. The number of aromatic nitrogens is 4. The molecule has 0 spiro atoms. The molecule has 2 aliphatic rings. The molecule has 0 aliphatic carbocycles. The number of ether oxygens (including phenoxy) is 2. The van der Waals surface area contributed by atoms with Crippen LogP contribution in [-0.2, 0) is 25.4 Å². The summed E-state index contributed by atoms with van der Waals surface area (Å²) in [6.45, 7) is 9.03. The highest BCUT2D eigenvalue weighted by Gasteiger charge is 2.43. The number of piperidine rings is 1. The van der Waals surface area contributed by atoms with Crippen molar-refractivity contribution >= 4 is 34.5 Å². The number of likely N-dealkylation sites (N-methyl/N-ethyl adjacent to an activating group) is 1. The molecule has 1 amide bonds. The predicted molar refractivity (Wildman–Crippen MR) is 176 cm³/mol. The Labute approximate surface area is 266 Å². The Hall–Kier alpha value is -4.03. The second kappa shape index (κ2) is 12.4. The molecule has 238 valence electrons. The second-order valence-corrected chi connectivity index (χ2v) is 12.8. The first-order valence-corrected chi connectivity index (χ1v) is 16.4. The normalized spacial score (nSPS) is 17.9. The van der Waals surface area contributed by atoms with Crippen LogP contribution in [0, 0.1) is 6.92 Å². The molecule has 12 heteroatoms. The van der Waals surface area contributed by atoms with Gasteiger partial charge in [-0.25, -0.2) is 9.78 Å². The summed E-state index contributed by atoms with van der Waals surface area (Å²) in [4.78, 5) is 49.4. The Balaban J connectivity index is 1.36. The summed E-state index contributed by atoms with van der Waals surface area (Å²) >= 11 is 1.29. The van der Waals surface area contributed by atoms with Gasteiger partial charge in [0.15, 0.2) is 27.8 Å². The number of imidazole rings is 1. The van der Waals surface area contributed by atoms with Crippen LogP contribution in [0.5, 0.6) is 11.5 Å². The molecule has 0 unspecified atom stereocenters. The van der Waals surface area contributed by atoms with Crippen molar-refractivity contribution in [2.75, 3.05) is 44.0 Å². The van der Waals surface area contributed by atoms with Crippen LogP contribution in [-0.4, -0.2) is 74.6 Å². The Morgan fingerprint density at radius 2 is 1.76 bits per heavy atom. The van der Waals surface area contributed by atoms with Crippen molar-refractivity contribution in [1.82, 2.24) is 23.6 Å². The summed E-state index contributed by atoms with van der Waals surface area (Å²) in [7, 11) is 5.21. The fraction of sp³-hybridized carbons (Fsp3) is 0.455. The van der Waals surface area contributed by atoms with Crippen molar-refractivity contribution in [3.63, 3.8) is 0 Å². The number of hydrogen-bond donors (Lipinski definition) is 0. The maximum absolute atomic E-state index is 14.0. The predicted octanol–water partition coefficient (Wildman–Crippen LogP) is 3.51. The number of anilines is 1. The number of thioether (sulfide) groups is 1. The molecule has 45 heavy (non-hydrogen) atoms. The van der Waals surface area contributed by atoms with E-state index in [2.05, 4.69) is 37.1 Å². The molecule has 2 aromatic heterocycles. The van der Waals surface area contributed by atoms with Crippen molar-refractivity contribution in [2.24, 2.45) is 14.1 Å². The number of carbonyl (C=O) groups excluding carboxylic acids is 1. The topological polar surface area (TPSA) is 104 Å². The number of fused-ring (bicyclic) bond motifs is 4. The first kappa shape index (κ1) is 31.0. The number of rotatable bonds is 9. The van der Waals surface area contributed by atoms with E-state index in [-0.39, 0.29) is 35.8 Å². The Morgan fingerprint density at radius 1 is 1.00 bits per heavy atom. The maximum Gasteiger partial charge on any atom is 0.332 e. The molecule has 6 rings (SSSR count). The van der Waals surface area contributed by atoms with Gasteiger partial charge in [-0.3, -0.25) is 18.7 Å². The van der Waals surface area contributed by atoms with Gasteiger partial charge in [-0.1, -0.05) is 35.5 Å². The van der Waals surface area contributed by atoms with Crippen molar-refractivity contribution in [3.05, 3.63) is 73.9 Å². The van der Waals surface area contributed by atoms with Crippen molar-refractivity contribution < 1.29 is 14.3 Å². The molecule has 1 saturated heterocycles. The van der Waals surface area contributed by atoms with E-state index in [1.807, 2.05) is 36.9 Å². The van der Waals surface area contributed by atoms with E-state index in [1.165, 1.54) is 34.5 Å². The molecular weight excluding hydrogens is 592 g/mol. The van der Waals surface area contributed by atoms with E-state index in [4.69, 9.17) is 14.5 Å². The van der Waals surface area contributed by atoms with Gasteiger partial charge in [0.05, 0.1) is 25.5 Å². The van der Waals surface area contributed by atoms with Gasteiger partial charge in [0.2, 0.25) is 5.91 Å². The van der Waals surface area contributed by atoms with E-state index < -0.39 is 11.2 Å². The molecule has 2 atom stereocenters. The van der Waals surface area contributed by atoms with Gasteiger partial charge in [-0.15, -0.1) is 0 Å². The van der Waals surface area contributed by atoms with Crippen molar-refractivity contribution in [1.29, 1.82) is 0 Å². The van der Waals surface area contributed by atoms with E-state index >= 15 is 0 Å². The molecule has 1 fully saturated rings. The zero-order valence-corrected chi connectivity index (χ0v) is 27.5. The lowest BCUT2D eigenvalue weighted by Gasteiger charge is -2.36. The minimum absolute atomic E-state index is 0.00209. The van der Waals surface area contributed by atoms with Crippen molar-refractivity contribution in [3.8, 4) is 11.5 Å². The van der Waals surface area contributed by atoms with Gasteiger partial charge in [0.1, 0.15) is 0 Å². The minimum Gasteiger partial charge on any atom is -0.490 e. The monoisotopic (exact) mass is 632 g/mol. The number of benzene rings is 2. The van der Waals surface area contributed by atoms with Crippen LogP contribution in [0.4, 0.5) is 5.69 Å². The number of hydrogen-bond acceptors (Lipinski definition) is 8. The fourth-order valence-electron chi connectivity index (χ4n) is 6.66. The van der Waals surface area contributed by atoms with Crippen LogP contribution < -0.4 is 25.6 Å². The highest BCUT2D eigenvalue weighted by molar-refractivity contribution is 7.99. The summed E-state index contributed by atoms with van der Waals surface area (Å²) in [6.07, 6.45) is 0.905. The Bertz CT molecular complexity index is 1900. The summed E-state index contributed by atoms with van der Waals surface area (Å²) in [5.74, 6) is 1.67. The van der Waals surface area contributed by atoms with E-state index in [1.54, 1.807) is 11.6 Å². The lowest BCUT2D eigenvalue weighted by molar-refractivity contribution is -0.116. The van der Waals surface area contributed by atoms with Gasteiger partial charge in [0.25, 0.3) is 5.56 Å². The van der Waals surface area contributed by atoms with Gasteiger partial charge < -0.3 is 23.8 Å². The van der Waals surface area contributed by atoms with Crippen LogP contribution >= 0.6 is 11.8 Å². The summed E-state index contributed by atoms with van der Waals surface area (Å²) in [5, 5.41) is 0.492. The van der Waals surface area contributed by atoms with Crippen LogP contribution in [0.3, 0.4) is 0 Å². The number of likely N-dealkylation sites (tertiary alicyclic amines) is 1. The zero-order chi connectivity index (χ0) is 32.0. The van der Waals surface area contributed by atoms with Crippen LogP contribution in [0.1, 0.15) is 42.9 Å². The molecule has 2 aliphatic heterocycles. The Morgan fingerprint density at radius 3 is 2.51 bits per heavy atom. The molecule has 0 N–H and O–H groups in total. The van der Waals surface area contributed by atoms with E-state index in [0.29, 0.717) is 35.4 Å². The molecule has 4 heterocycles. The zero-order valence-electron chi connectivity index (χ0n) is 26.7. The fourth-order valence-corrected chi connectivity index (χ4v) is 7.52. The molecule has 4 aromatic rings. The van der Waals surface area contributed by atoms with Gasteiger partial charge in [0, 0.05) is 38.3 Å². The first-order chi connectivity index (χ1) is 21.6. The highest BCUT2D eigenvalue weighted by Crippen LogP contribution is 2.45. The van der Waals surface area contributed by atoms with Crippen molar-refractivity contribution in [2.45, 2.75) is 50.9 Å². The molecule has 0 bridgehead atoms. The van der Waals surface area contributed by atoms with Gasteiger partial charge >= 0.3 is 5.69 Å². The number of aryl methyl sites for hydroxylation is 2. The van der Waals surface area contributed by atoms with Gasteiger partial charge in [-0.05, 0) is 70.1 Å². The standard InChI is InChI=1S/C33H40N6O5S/c1-7-43-26-12-10-21(16-27(26)44-8-2)17-38-29-30(36(5)33(42)37(6)31(29)41)34-32(38)45-19-28(40)39-24-11-9-20(3)15-22(24)23-18-35(4)14-13-25(23)39/h9-12,15-16,23,25H,7-8,13-14,17-19H2,1-6H3/t23-,25-/m0/s1. The lowest BCUT2D eigenvalue weighted by Crippen LogP contribution is -2.47. The second-order valence-electron chi connectivity index (χ2n) is 11.8. The minimum atomic E-state index is -0.457. The molecule has 11 nitrogen and oxygen atoms in total.